The number of non-ortho nitro benzene ring substituents is 1. The van der Waals surface area contributed by atoms with Crippen molar-refractivity contribution in [2.24, 2.45) is 4.99 Å². The van der Waals surface area contributed by atoms with E-state index in [4.69, 9.17) is 9.47 Å². The molecule has 0 saturated carbocycles. The van der Waals surface area contributed by atoms with Gasteiger partial charge in [-0.15, -0.1) is 0 Å². The summed E-state index contributed by atoms with van der Waals surface area (Å²) in [6, 6.07) is 11.4. The average molecular weight is 493 g/mol. The van der Waals surface area contributed by atoms with Gasteiger partial charge in [0, 0.05) is 12.1 Å². The second-order valence-electron chi connectivity index (χ2n) is 7.54. The van der Waals surface area contributed by atoms with Gasteiger partial charge in [0.15, 0.2) is 4.80 Å². The molecule has 35 heavy (non-hydrogen) atoms. The highest BCUT2D eigenvalue weighted by Crippen LogP contribution is 2.30. The number of aromatic nitrogens is 1. The fourth-order valence-electron chi connectivity index (χ4n) is 3.81. The zero-order valence-electron chi connectivity index (χ0n) is 18.9. The first-order valence-electron chi connectivity index (χ1n) is 10.3. The number of ether oxygens (including phenoxy) is 2. The average Bonchev–Trinajstić information content (AvgIpc) is 3.16. The van der Waals surface area contributed by atoms with E-state index in [0.717, 1.165) is 11.3 Å². The number of thiazole rings is 1. The maximum Gasteiger partial charge on any atom is 0.338 e. The van der Waals surface area contributed by atoms with Crippen LogP contribution < -0.4 is 14.9 Å². The van der Waals surface area contributed by atoms with Crippen LogP contribution in [0.1, 0.15) is 34.5 Å². The first-order valence-corrected chi connectivity index (χ1v) is 11.1. The van der Waals surface area contributed by atoms with E-state index >= 15 is 0 Å². The lowest BCUT2D eigenvalue weighted by Gasteiger charge is -2.24. The molecule has 11 heteroatoms. The summed E-state index contributed by atoms with van der Waals surface area (Å²) >= 11 is 1.10. The van der Waals surface area contributed by atoms with Crippen LogP contribution in [0.3, 0.4) is 0 Å². The molecule has 0 fully saturated rings. The Kier molecular flexibility index (Phi) is 6.43. The van der Waals surface area contributed by atoms with Crippen molar-refractivity contribution in [3.05, 3.63) is 106 Å². The van der Waals surface area contributed by atoms with Crippen molar-refractivity contribution < 1.29 is 24.0 Å². The van der Waals surface area contributed by atoms with Gasteiger partial charge in [-0.1, -0.05) is 35.6 Å². The molecule has 3 aromatic rings. The number of esters is 2. The molecular weight excluding hydrogens is 474 g/mol. The van der Waals surface area contributed by atoms with E-state index in [-0.39, 0.29) is 11.3 Å². The Bertz CT molecular complexity index is 1570. The molecular formula is C24H19N3O7S. The summed E-state index contributed by atoms with van der Waals surface area (Å²) in [5.74, 6) is -1.15. The standard InChI is InChI=1S/C24H19N3O7S/c1-13-19(23(30)34-3)20(15-7-9-16(10-8-15)22(29)33-2)26-21(28)18(35-24(26)25-13)12-14-5-4-6-17(11-14)27(31)32/h4-12,20H,1-3H3/b18-12-/t20-/m0/s1. The van der Waals surface area contributed by atoms with Gasteiger partial charge in [-0.3, -0.25) is 19.5 Å². The van der Waals surface area contributed by atoms with Gasteiger partial charge in [-0.2, -0.15) is 0 Å². The fraction of sp³-hybridized carbons (Fsp3) is 0.167. The fourth-order valence-corrected chi connectivity index (χ4v) is 4.85. The summed E-state index contributed by atoms with van der Waals surface area (Å²) in [6.07, 6.45) is 1.55. The van der Waals surface area contributed by atoms with E-state index in [1.807, 2.05) is 0 Å². The van der Waals surface area contributed by atoms with Crippen LogP contribution in [0.4, 0.5) is 5.69 Å². The molecule has 0 spiro atoms. The lowest BCUT2D eigenvalue weighted by molar-refractivity contribution is -0.384. The number of hydrogen-bond donors (Lipinski definition) is 0. The van der Waals surface area contributed by atoms with Crippen LogP contribution in [-0.2, 0) is 14.3 Å². The molecule has 0 unspecified atom stereocenters. The zero-order valence-corrected chi connectivity index (χ0v) is 19.7. The van der Waals surface area contributed by atoms with Gasteiger partial charge in [-0.05, 0) is 36.3 Å². The van der Waals surface area contributed by atoms with Crippen molar-refractivity contribution in [3.63, 3.8) is 0 Å². The van der Waals surface area contributed by atoms with Crippen LogP contribution in [-0.4, -0.2) is 35.6 Å². The van der Waals surface area contributed by atoms with Gasteiger partial charge in [-0.25, -0.2) is 14.6 Å². The van der Waals surface area contributed by atoms with Crippen molar-refractivity contribution in [2.75, 3.05) is 14.2 Å². The highest BCUT2D eigenvalue weighted by molar-refractivity contribution is 7.07. The van der Waals surface area contributed by atoms with Gasteiger partial charge in [0.2, 0.25) is 0 Å². The molecule has 4 rings (SSSR count). The molecule has 10 nitrogen and oxygen atoms in total. The monoisotopic (exact) mass is 493 g/mol. The minimum atomic E-state index is -0.849. The molecule has 1 aliphatic heterocycles. The second kappa shape index (κ2) is 9.47. The third kappa shape index (κ3) is 4.41. The number of rotatable bonds is 5. The van der Waals surface area contributed by atoms with Crippen LogP contribution >= 0.6 is 11.3 Å². The molecule has 2 heterocycles. The summed E-state index contributed by atoms with van der Waals surface area (Å²) in [4.78, 5) is 53.5. The maximum absolute atomic E-state index is 13.5. The third-order valence-electron chi connectivity index (χ3n) is 5.45. The van der Waals surface area contributed by atoms with E-state index in [9.17, 15) is 24.5 Å². The molecule has 2 aromatic carbocycles. The lowest BCUT2D eigenvalue weighted by Crippen LogP contribution is -2.39. The summed E-state index contributed by atoms with van der Waals surface area (Å²) < 4.78 is 11.4. The molecule has 0 bridgehead atoms. The van der Waals surface area contributed by atoms with Gasteiger partial charge in [0.25, 0.3) is 11.2 Å². The predicted octanol–water partition coefficient (Wildman–Crippen LogP) is 2.10. The number of carbonyl (C=O) groups excluding carboxylic acids is 2. The van der Waals surface area contributed by atoms with Crippen molar-refractivity contribution in [1.82, 2.24) is 4.57 Å². The minimum Gasteiger partial charge on any atom is -0.466 e. The zero-order chi connectivity index (χ0) is 25.3. The Morgan fingerprint density at radius 1 is 1.11 bits per heavy atom. The van der Waals surface area contributed by atoms with Crippen molar-refractivity contribution >= 4 is 35.0 Å². The number of benzene rings is 2. The molecule has 0 N–H and O–H groups in total. The number of nitro groups is 1. The minimum absolute atomic E-state index is 0.0982. The Morgan fingerprint density at radius 3 is 2.43 bits per heavy atom. The number of nitrogens with zero attached hydrogens (tertiary/aromatic N) is 3. The Labute approximate surface area is 202 Å². The van der Waals surface area contributed by atoms with Gasteiger partial charge >= 0.3 is 11.9 Å². The molecule has 1 aliphatic rings. The highest BCUT2D eigenvalue weighted by Gasteiger charge is 2.33. The van der Waals surface area contributed by atoms with Crippen molar-refractivity contribution in [1.29, 1.82) is 0 Å². The number of nitro benzene ring substituents is 1. The Hall–Kier alpha value is -4.38. The first kappa shape index (κ1) is 23.8. The van der Waals surface area contributed by atoms with Crippen LogP contribution in [0.2, 0.25) is 0 Å². The van der Waals surface area contributed by atoms with Crippen molar-refractivity contribution in [3.8, 4) is 0 Å². The third-order valence-corrected chi connectivity index (χ3v) is 6.44. The second-order valence-corrected chi connectivity index (χ2v) is 8.55. The van der Waals surface area contributed by atoms with Crippen LogP contribution in [0, 0.1) is 10.1 Å². The summed E-state index contributed by atoms with van der Waals surface area (Å²) in [6.45, 7) is 1.65. The smallest absolute Gasteiger partial charge is 0.338 e. The predicted molar refractivity (Wildman–Crippen MR) is 127 cm³/mol. The number of methoxy groups -OCH3 is 2. The Morgan fingerprint density at radius 2 is 1.80 bits per heavy atom. The van der Waals surface area contributed by atoms with Gasteiger partial charge in [0.05, 0.1) is 46.6 Å². The number of allylic oxidation sites excluding steroid dienone is 1. The summed E-state index contributed by atoms with van der Waals surface area (Å²) in [5, 5.41) is 11.1. The topological polar surface area (TPSA) is 130 Å². The normalized spacial score (nSPS) is 15.3. The number of carbonyl (C=O) groups is 2. The molecule has 178 valence electrons. The molecule has 0 aliphatic carbocycles. The molecule has 1 aromatic heterocycles. The SMILES string of the molecule is COC(=O)C1=C(C)N=c2s/c(=C\c3cccc([N+](=O)[O-])c3)c(=O)n2[C@H]1c1ccc(C(=O)OC)cc1. The highest BCUT2D eigenvalue weighted by atomic mass is 32.1. The van der Waals surface area contributed by atoms with E-state index in [1.165, 1.54) is 37.0 Å². The Balaban J connectivity index is 1.92. The molecule has 0 amide bonds. The molecule has 0 saturated heterocycles. The van der Waals surface area contributed by atoms with Gasteiger partial charge in [0.1, 0.15) is 0 Å². The molecule has 0 radical (unpaired) electrons. The largest absolute Gasteiger partial charge is 0.466 e. The lowest BCUT2D eigenvalue weighted by atomic mass is 9.95. The van der Waals surface area contributed by atoms with Crippen molar-refractivity contribution in [2.45, 2.75) is 13.0 Å². The van der Waals surface area contributed by atoms with E-state index < -0.39 is 28.5 Å². The van der Waals surface area contributed by atoms with E-state index in [1.54, 1.807) is 43.3 Å². The van der Waals surface area contributed by atoms with E-state index in [2.05, 4.69) is 4.99 Å². The maximum atomic E-state index is 13.5. The first-order chi connectivity index (χ1) is 16.7. The van der Waals surface area contributed by atoms with E-state index in [0.29, 0.717) is 31.7 Å². The molecule has 1 atom stereocenters. The quantitative estimate of drug-likeness (QED) is 0.302. The van der Waals surface area contributed by atoms with Crippen LogP contribution in [0.15, 0.2) is 69.6 Å². The summed E-state index contributed by atoms with van der Waals surface area (Å²) in [5.41, 5.74) is 1.42. The van der Waals surface area contributed by atoms with Crippen LogP contribution in [0.25, 0.3) is 6.08 Å². The number of fused-ring (bicyclic) bond motifs is 1. The van der Waals surface area contributed by atoms with Crippen LogP contribution in [0.5, 0.6) is 0 Å². The number of hydrogen-bond acceptors (Lipinski definition) is 9. The van der Waals surface area contributed by atoms with Gasteiger partial charge < -0.3 is 9.47 Å². The summed E-state index contributed by atoms with van der Waals surface area (Å²) in [7, 11) is 2.52.